The second kappa shape index (κ2) is 5.39. The highest BCUT2D eigenvalue weighted by Gasteiger charge is 2.29. The number of alkyl halides is 3. The van der Waals surface area contributed by atoms with E-state index in [1.54, 1.807) is 12.3 Å². The van der Waals surface area contributed by atoms with Crippen LogP contribution in [0.5, 0.6) is 0 Å². The number of amides is 1. The Morgan fingerprint density at radius 2 is 2.14 bits per heavy atom. The summed E-state index contributed by atoms with van der Waals surface area (Å²) >= 11 is 0. The van der Waals surface area contributed by atoms with Crippen LogP contribution < -0.4 is 5.32 Å². The smallest absolute Gasteiger partial charge is 0.289 e. The number of carbonyl (C=O) groups is 1. The summed E-state index contributed by atoms with van der Waals surface area (Å²) < 4.78 is 37.4. The van der Waals surface area contributed by atoms with E-state index < -0.39 is 18.6 Å². The van der Waals surface area contributed by atoms with Crippen LogP contribution in [0.25, 0.3) is 0 Å². The summed E-state index contributed by atoms with van der Waals surface area (Å²) in [5, 5.41) is 6.03. The van der Waals surface area contributed by atoms with Crippen LogP contribution in [0.2, 0.25) is 0 Å². The molecule has 0 aromatic carbocycles. The third-order valence-corrected chi connectivity index (χ3v) is 3.11. The van der Waals surface area contributed by atoms with Crippen molar-refractivity contribution in [3.8, 4) is 0 Å². The van der Waals surface area contributed by atoms with Gasteiger partial charge in [0.15, 0.2) is 5.69 Å². The third kappa shape index (κ3) is 3.60. The minimum Gasteiger partial charge on any atom is -0.289 e. The molecule has 2 aromatic rings. The van der Waals surface area contributed by atoms with E-state index in [1.165, 1.54) is 6.07 Å². The fourth-order valence-corrected chi connectivity index (χ4v) is 1.96. The van der Waals surface area contributed by atoms with Gasteiger partial charge in [0.1, 0.15) is 6.54 Å². The SMILES string of the molecule is O=C(Nc1nccc(C2CC2)n1)c1ccn(CC(F)(F)F)n1. The number of hydrogen-bond acceptors (Lipinski definition) is 4. The van der Waals surface area contributed by atoms with Crippen LogP contribution in [-0.4, -0.2) is 31.8 Å². The second-order valence-corrected chi connectivity index (χ2v) is 5.05. The molecule has 0 spiro atoms. The van der Waals surface area contributed by atoms with Gasteiger partial charge in [0.25, 0.3) is 5.91 Å². The van der Waals surface area contributed by atoms with E-state index in [1.807, 2.05) is 0 Å². The summed E-state index contributed by atoms with van der Waals surface area (Å²) in [5.41, 5.74) is 0.734. The molecule has 0 radical (unpaired) electrons. The molecule has 1 aliphatic carbocycles. The van der Waals surface area contributed by atoms with Gasteiger partial charge in [0.05, 0.1) is 0 Å². The van der Waals surface area contributed by atoms with Gasteiger partial charge < -0.3 is 0 Å². The van der Waals surface area contributed by atoms with Gasteiger partial charge in [0.2, 0.25) is 5.95 Å². The van der Waals surface area contributed by atoms with Crippen molar-refractivity contribution < 1.29 is 18.0 Å². The highest BCUT2D eigenvalue weighted by molar-refractivity contribution is 6.01. The first-order valence-corrected chi connectivity index (χ1v) is 6.65. The summed E-state index contributed by atoms with van der Waals surface area (Å²) in [5.74, 6) is -0.113. The molecule has 3 rings (SSSR count). The quantitative estimate of drug-likeness (QED) is 0.941. The summed E-state index contributed by atoms with van der Waals surface area (Å²) in [6.45, 7) is -1.24. The maximum absolute atomic E-state index is 12.2. The monoisotopic (exact) mass is 311 g/mol. The highest BCUT2D eigenvalue weighted by Crippen LogP contribution is 2.38. The zero-order chi connectivity index (χ0) is 15.7. The number of carbonyl (C=O) groups excluding carboxylic acids is 1. The molecule has 1 aliphatic rings. The average molecular weight is 311 g/mol. The number of nitrogens with one attached hydrogen (secondary N) is 1. The second-order valence-electron chi connectivity index (χ2n) is 5.05. The van der Waals surface area contributed by atoms with Crippen molar-refractivity contribution in [2.24, 2.45) is 0 Å². The molecule has 2 aromatic heterocycles. The van der Waals surface area contributed by atoms with Crippen molar-refractivity contribution >= 4 is 11.9 Å². The van der Waals surface area contributed by atoms with Crippen molar-refractivity contribution in [2.45, 2.75) is 31.5 Å². The first-order chi connectivity index (χ1) is 10.4. The minimum atomic E-state index is -4.39. The molecule has 9 heteroatoms. The third-order valence-electron chi connectivity index (χ3n) is 3.11. The predicted molar refractivity (Wildman–Crippen MR) is 70.2 cm³/mol. The lowest BCUT2D eigenvalue weighted by Crippen LogP contribution is -2.20. The van der Waals surface area contributed by atoms with Gasteiger partial charge >= 0.3 is 6.18 Å². The van der Waals surface area contributed by atoms with Gasteiger partial charge in [-0.25, -0.2) is 9.97 Å². The molecular formula is C13H12F3N5O. The van der Waals surface area contributed by atoms with E-state index >= 15 is 0 Å². The molecule has 0 aliphatic heterocycles. The predicted octanol–water partition coefficient (Wildman–Crippen LogP) is 2.37. The van der Waals surface area contributed by atoms with E-state index in [9.17, 15) is 18.0 Å². The molecule has 0 bridgehead atoms. The number of anilines is 1. The molecule has 22 heavy (non-hydrogen) atoms. The first-order valence-electron chi connectivity index (χ1n) is 6.65. The molecule has 1 fully saturated rings. The minimum absolute atomic E-state index is 0.121. The van der Waals surface area contributed by atoms with E-state index in [2.05, 4.69) is 20.4 Å². The number of hydrogen-bond donors (Lipinski definition) is 1. The van der Waals surface area contributed by atoms with Crippen LogP contribution in [0.4, 0.5) is 19.1 Å². The summed E-state index contributed by atoms with van der Waals surface area (Å²) in [6.07, 6.45) is 0.377. The van der Waals surface area contributed by atoms with Gasteiger partial charge in [-0.15, -0.1) is 0 Å². The molecule has 6 nitrogen and oxygen atoms in total. The number of aromatic nitrogens is 4. The van der Waals surface area contributed by atoms with E-state index in [0.717, 1.165) is 24.7 Å². The standard InChI is InChI=1S/C13H12F3N5O/c14-13(15,16)7-21-6-4-10(20-21)11(22)19-12-17-5-3-9(18-12)8-1-2-8/h3-6,8H,1-2,7H2,(H,17,18,19,22). The van der Waals surface area contributed by atoms with E-state index in [4.69, 9.17) is 0 Å². The summed E-state index contributed by atoms with van der Waals surface area (Å²) in [4.78, 5) is 20.1. The fraction of sp³-hybridized carbons (Fsp3) is 0.385. The molecular weight excluding hydrogens is 299 g/mol. The molecule has 116 valence electrons. The Labute approximate surface area is 123 Å². The molecule has 2 heterocycles. The Kier molecular flexibility index (Phi) is 3.55. The van der Waals surface area contributed by atoms with E-state index in [-0.39, 0.29) is 11.6 Å². The number of rotatable bonds is 4. The first kappa shape index (κ1) is 14.5. The Morgan fingerprint density at radius 3 is 2.82 bits per heavy atom. The number of halogens is 3. The van der Waals surface area contributed by atoms with Crippen LogP contribution in [0.1, 0.15) is 34.9 Å². The van der Waals surface area contributed by atoms with Gasteiger partial charge in [-0.05, 0) is 25.0 Å². The lowest BCUT2D eigenvalue weighted by atomic mass is 10.3. The van der Waals surface area contributed by atoms with Crippen LogP contribution >= 0.6 is 0 Å². The molecule has 0 saturated heterocycles. The van der Waals surface area contributed by atoms with Crippen LogP contribution in [-0.2, 0) is 6.54 Å². The van der Waals surface area contributed by atoms with Gasteiger partial charge in [-0.3, -0.25) is 14.8 Å². The molecule has 0 unspecified atom stereocenters. The average Bonchev–Trinajstić information content (AvgIpc) is 3.18. The Morgan fingerprint density at radius 1 is 1.36 bits per heavy atom. The largest absolute Gasteiger partial charge is 0.408 e. The highest BCUT2D eigenvalue weighted by atomic mass is 19.4. The van der Waals surface area contributed by atoms with Crippen molar-refractivity contribution in [1.29, 1.82) is 0 Å². The van der Waals surface area contributed by atoms with Crippen molar-refractivity contribution in [2.75, 3.05) is 5.32 Å². The Hall–Kier alpha value is -2.45. The lowest BCUT2D eigenvalue weighted by molar-refractivity contribution is -0.142. The van der Waals surface area contributed by atoms with Crippen LogP contribution in [0, 0.1) is 0 Å². The molecule has 1 saturated carbocycles. The Bertz CT molecular complexity index is 693. The maximum Gasteiger partial charge on any atom is 0.408 e. The molecule has 1 N–H and O–H groups in total. The fourth-order valence-electron chi connectivity index (χ4n) is 1.96. The Balaban J connectivity index is 1.68. The summed E-state index contributed by atoms with van der Waals surface area (Å²) in [6, 6.07) is 3.00. The van der Waals surface area contributed by atoms with Crippen LogP contribution in [0.15, 0.2) is 24.5 Å². The van der Waals surface area contributed by atoms with Gasteiger partial charge in [-0.1, -0.05) is 0 Å². The van der Waals surface area contributed by atoms with Crippen LogP contribution in [0.3, 0.4) is 0 Å². The topological polar surface area (TPSA) is 72.7 Å². The normalized spacial score (nSPS) is 14.9. The maximum atomic E-state index is 12.2. The van der Waals surface area contributed by atoms with Gasteiger partial charge in [-0.2, -0.15) is 18.3 Å². The molecule has 1 amide bonds. The zero-order valence-corrected chi connectivity index (χ0v) is 11.3. The molecule has 0 atom stereocenters. The van der Waals surface area contributed by atoms with Gasteiger partial charge in [0, 0.05) is 24.0 Å². The van der Waals surface area contributed by atoms with E-state index in [0.29, 0.717) is 10.6 Å². The zero-order valence-electron chi connectivity index (χ0n) is 11.3. The lowest BCUT2D eigenvalue weighted by Gasteiger charge is -2.05. The van der Waals surface area contributed by atoms with Crippen molar-refractivity contribution in [1.82, 2.24) is 19.7 Å². The van der Waals surface area contributed by atoms with Crippen molar-refractivity contribution in [3.63, 3.8) is 0 Å². The van der Waals surface area contributed by atoms with Crippen molar-refractivity contribution in [3.05, 3.63) is 35.9 Å². The number of nitrogens with zero attached hydrogens (tertiary/aromatic N) is 4. The summed E-state index contributed by atoms with van der Waals surface area (Å²) in [7, 11) is 0.